The number of rotatable bonds is 3. The molecule has 6 aromatic rings. The molecule has 2 aromatic heterocycles. The zero-order valence-electron chi connectivity index (χ0n) is 18.7. The van der Waals surface area contributed by atoms with Gasteiger partial charge in [-0.1, -0.05) is 78.9 Å². The van der Waals surface area contributed by atoms with Crippen molar-refractivity contribution in [2.75, 3.05) is 0 Å². The fraction of sp³-hybridized carbons (Fsp3) is 0.0667. The van der Waals surface area contributed by atoms with Crippen molar-refractivity contribution in [3.05, 3.63) is 115 Å². The summed E-state index contributed by atoms with van der Waals surface area (Å²) in [5.74, 6) is 0. The van der Waals surface area contributed by atoms with Crippen LogP contribution in [0.5, 0.6) is 0 Å². The predicted octanol–water partition coefficient (Wildman–Crippen LogP) is 7.52. The molecule has 0 saturated carbocycles. The van der Waals surface area contributed by atoms with E-state index in [1.165, 1.54) is 43.8 Å². The average molecular weight is 426 g/mol. The van der Waals surface area contributed by atoms with Crippen LogP contribution in [0, 0.1) is 13.8 Å². The van der Waals surface area contributed by atoms with Gasteiger partial charge in [0, 0.05) is 29.2 Å². The molecular weight excluding hydrogens is 402 g/mol. The van der Waals surface area contributed by atoms with E-state index in [4.69, 9.17) is 5.10 Å². The molecule has 0 saturated heterocycles. The zero-order chi connectivity index (χ0) is 22.4. The first kappa shape index (κ1) is 19.4. The third kappa shape index (κ3) is 3.05. The van der Waals surface area contributed by atoms with E-state index in [2.05, 4.69) is 97.7 Å². The number of pyridine rings is 1. The average Bonchev–Trinajstić information content (AvgIpc) is 3.17. The van der Waals surface area contributed by atoms with Crippen molar-refractivity contribution in [3.8, 4) is 27.9 Å². The summed E-state index contributed by atoms with van der Waals surface area (Å²) in [6, 6.07) is 32.2. The number of benzene rings is 4. The smallest absolute Gasteiger partial charge is 0.0679 e. The Bertz CT molecular complexity index is 1560. The van der Waals surface area contributed by atoms with Crippen molar-refractivity contribution in [2.24, 2.45) is 0 Å². The third-order valence-corrected chi connectivity index (χ3v) is 6.44. The largest absolute Gasteiger partial charge is 0.265 e. The first-order valence-electron chi connectivity index (χ1n) is 11.2. The summed E-state index contributed by atoms with van der Waals surface area (Å²) in [7, 11) is 0. The van der Waals surface area contributed by atoms with Gasteiger partial charge >= 0.3 is 0 Å². The van der Waals surface area contributed by atoms with E-state index in [1.807, 2.05) is 29.2 Å². The number of hydrogen-bond acceptors (Lipinski definition) is 2. The Labute approximate surface area is 193 Å². The maximum absolute atomic E-state index is 4.94. The van der Waals surface area contributed by atoms with Crippen molar-refractivity contribution >= 4 is 21.5 Å². The van der Waals surface area contributed by atoms with Crippen molar-refractivity contribution in [3.63, 3.8) is 0 Å². The molecule has 0 aliphatic carbocycles. The monoisotopic (exact) mass is 425 g/mol. The number of fused-ring (bicyclic) bond motifs is 2. The summed E-state index contributed by atoms with van der Waals surface area (Å²) in [5, 5.41) is 9.95. The van der Waals surface area contributed by atoms with Crippen molar-refractivity contribution in [2.45, 2.75) is 13.8 Å². The van der Waals surface area contributed by atoms with Gasteiger partial charge in [0.05, 0.1) is 11.4 Å². The number of nitrogens with zero attached hydrogens (tertiary/aromatic N) is 3. The van der Waals surface area contributed by atoms with Crippen LogP contribution in [0.1, 0.15) is 11.4 Å². The van der Waals surface area contributed by atoms with E-state index < -0.39 is 0 Å². The van der Waals surface area contributed by atoms with Gasteiger partial charge in [0.1, 0.15) is 0 Å². The summed E-state index contributed by atoms with van der Waals surface area (Å²) in [6.07, 6.45) is 3.62. The van der Waals surface area contributed by atoms with Crippen LogP contribution >= 0.6 is 0 Å². The molecule has 0 atom stereocenters. The van der Waals surface area contributed by atoms with Crippen LogP contribution in [0.15, 0.2) is 103 Å². The molecule has 33 heavy (non-hydrogen) atoms. The van der Waals surface area contributed by atoms with E-state index in [0.29, 0.717) is 0 Å². The molecule has 6 rings (SSSR count). The fourth-order valence-electron chi connectivity index (χ4n) is 5.05. The van der Waals surface area contributed by atoms with Crippen LogP contribution in [-0.2, 0) is 0 Å². The Morgan fingerprint density at radius 1 is 0.545 bits per heavy atom. The predicted molar refractivity (Wildman–Crippen MR) is 137 cm³/mol. The molecule has 0 spiro atoms. The highest BCUT2D eigenvalue weighted by molar-refractivity contribution is 6.21. The first-order chi connectivity index (χ1) is 16.2. The number of aryl methyl sites for hydroxylation is 1. The lowest BCUT2D eigenvalue weighted by Crippen LogP contribution is -1.99. The zero-order valence-corrected chi connectivity index (χ0v) is 18.7. The Balaban J connectivity index is 1.76. The molecule has 0 bridgehead atoms. The molecule has 0 radical (unpaired) electrons. The molecular formula is C30H23N3. The van der Waals surface area contributed by atoms with E-state index >= 15 is 0 Å². The van der Waals surface area contributed by atoms with Gasteiger partial charge in [-0.15, -0.1) is 0 Å². The van der Waals surface area contributed by atoms with Gasteiger partial charge in [-0.25, -0.2) is 4.68 Å². The van der Waals surface area contributed by atoms with Gasteiger partial charge in [0.15, 0.2) is 0 Å². The standard InChI is InChI=1S/C30H23N3/c1-20-28(21(2)33(32-20)23-16-18-31-19-17-23)30-26-14-8-6-12-24(26)29(22-10-4-3-5-11-22)25-13-7-9-15-27(25)30/h3-19H,1-2H3. The van der Waals surface area contributed by atoms with Crippen LogP contribution in [0.2, 0.25) is 0 Å². The van der Waals surface area contributed by atoms with Crippen LogP contribution in [0.4, 0.5) is 0 Å². The van der Waals surface area contributed by atoms with Crippen molar-refractivity contribution < 1.29 is 0 Å². The third-order valence-electron chi connectivity index (χ3n) is 6.44. The quantitative estimate of drug-likeness (QED) is 0.274. The topological polar surface area (TPSA) is 30.7 Å². The minimum Gasteiger partial charge on any atom is -0.265 e. The second kappa shape index (κ2) is 7.72. The highest BCUT2D eigenvalue weighted by Crippen LogP contribution is 2.45. The molecule has 0 N–H and O–H groups in total. The number of aromatic nitrogens is 3. The van der Waals surface area contributed by atoms with Gasteiger partial charge in [0.25, 0.3) is 0 Å². The molecule has 0 aliphatic heterocycles. The lowest BCUT2D eigenvalue weighted by Gasteiger charge is -2.18. The van der Waals surface area contributed by atoms with Crippen LogP contribution < -0.4 is 0 Å². The second-order valence-electron chi connectivity index (χ2n) is 8.37. The lowest BCUT2D eigenvalue weighted by atomic mass is 9.85. The van der Waals surface area contributed by atoms with E-state index in [9.17, 15) is 0 Å². The summed E-state index contributed by atoms with van der Waals surface area (Å²) in [6.45, 7) is 4.26. The van der Waals surface area contributed by atoms with E-state index in [-0.39, 0.29) is 0 Å². The molecule has 2 heterocycles. The van der Waals surface area contributed by atoms with Gasteiger partial charge in [0.2, 0.25) is 0 Å². The Morgan fingerprint density at radius 3 is 1.64 bits per heavy atom. The molecule has 0 amide bonds. The normalized spacial score (nSPS) is 11.3. The van der Waals surface area contributed by atoms with E-state index in [0.717, 1.165) is 17.1 Å². The molecule has 3 heteroatoms. The highest BCUT2D eigenvalue weighted by Gasteiger charge is 2.21. The number of hydrogen-bond donors (Lipinski definition) is 0. The first-order valence-corrected chi connectivity index (χ1v) is 11.2. The van der Waals surface area contributed by atoms with Gasteiger partial charge < -0.3 is 0 Å². The summed E-state index contributed by atoms with van der Waals surface area (Å²) in [4.78, 5) is 4.17. The maximum Gasteiger partial charge on any atom is 0.0679 e. The summed E-state index contributed by atoms with van der Waals surface area (Å²) >= 11 is 0. The highest BCUT2D eigenvalue weighted by atomic mass is 15.3. The summed E-state index contributed by atoms with van der Waals surface area (Å²) in [5.41, 5.74) is 8.12. The Hall–Kier alpha value is -4.24. The van der Waals surface area contributed by atoms with Crippen LogP contribution in [-0.4, -0.2) is 14.8 Å². The Morgan fingerprint density at radius 2 is 1.06 bits per heavy atom. The minimum absolute atomic E-state index is 1.02. The van der Waals surface area contributed by atoms with Crippen molar-refractivity contribution in [1.82, 2.24) is 14.8 Å². The van der Waals surface area contributed by atoms with E-state index in [1.54, 1.807) is 0 Å². The molecule has 3 nitrogen and oxygen atoms in total. The van der Waals surface area contributed by atoms with Crippen molar-refractivity contribution in [1.29, 1.82) is 0 Å². The van der Waals surface area contributed by atoms with Gasteiger partial charge in [-0.05, 0) is 58.7 Å². The second-order valence-corrected chi connectivity index (χ2v) is 8.37. The lowest BCUT2D eigenvalue weighted by molar-refractivity contribution is 0.831. The van der Waals surface area contributed by atoms with Gasteiger partial charge in [-0.3, -0.25) is 4.98 Å². The maximum atomic E-state index is 4.94. The Kier molecular flexibility index (Phi) is 4.55. The molecule has 0 aliphatic rings. The summed E-state index contributed by atoms with van der Waals surface area (Å²) < 4.78 is 2.03. The van der Waals surface area contributed by atoms with Gasteiger partial charge in [-0.2, -0.15) is 5.10 Å². The molecule has 0 unspecified atom stereocenters. The minimum atomic E-state index is 1.02. The molecule has 4 aromatic carbocycles. The van der Waals surface area contributed by atoms with Crippen LogP contribution in [0.25, 0.3) is 49.5 Å². The van der Waals surface area contributed by atoms with Crippen LogP contribution in [0.3, 0.4) is 0 Å². The molecule has 0 fully saturated rings. The fourth-order valence-corrected chi connectivity index (χ4v) is 5.05. The molecule has 158 valence electrons. The SMILES string of the molecule is Cc1nn(-c2ccncc2)c(C)c1-c1c2ccccc2c(-c2ccccc2)c2ccccc12.